The standard InChI is InChI=1S/C8H12N2OS2/c1-3-5(2)10-7(11)6(4-12)9-8(10)13/h3,5-6,12H,1,4H2,2H3,(H,9,13). The highest BCUT2D eigenvalue weighted by molar-refractivity contribution is 7.80. The van der Waals surface area contributed by atoms with E-state index in [9.17, 15) is 4.79 Å². The van der Waals surface area contributed by atoms with Gasteiger partial charge in [-0.2, -0.15) is 12.6 Å². The van der Waals surface area contributed by atoms with E-state index in [1.165, 1.54) is 4.90 Å². The van der Waals surface area contributed by atoms with Crippen LogP contribution in [0.4, 0.5) is 0 Å². The van der Waals surface area contributed by atoms with Crippen LogP contribution in [0, 0.1) is 0 Å². The van der Waals surface area contributed by atoms with Crippen molar-refractivity contribution in [3.8, 4) is 0 Å². The van der Waals surface area contributed by atoms with Gasteiger partial charge in [0.25, 0.3) is 5.91 Å². The van der Waals surface area contributed by atoms with Crippen LogP contribution in [-0.2, 0) is 4.79 Å². The molecular formula is C8H12N2OS2. The van der Waals surface area contributed by atoms with Crippen molar-refractivity contribution in [1.29, 1.82) is 0 Å². The molecule has 0 aromatic carbocycles. The average molecular weight is 216 g/mol. The molecule has 0 bridgehead atoms. The maximum Gasteiger partial charge on any atom is 0.252 e. The number of amides is 1. The Labute approximate surface area is 88.6 Å². The number of carbonyl (C=O) groups is 1. The van der Waals surface area contributed by atoms with Crippen LogP contribution in [0.25, 0.3) is 0 Å². The molecule has 0 saturated carbocycles. The lowest BCUT2D eigenvalue weighted by molar-refractivity contribution is -0.127. The molecule has 1 heterocycles. The molecule has 0 spiro atoms. The maximum atomic E-state index is 11.6. The van der Waals surface area contributed by atoms with Gasteiger partial charge in [0.15, 0.2) is 5.11 Å². The normalized spacial score (nSPS) is 24.5. The fourth-order valence-electron chi connectivity index (χ4n) is 1.16. The molecule has 0 radical (unpaired) electrons. The van der Waals surface area contributed by atoms with Crippen LogP contribution in [0.15, 0.2) is 12.7 Å². The second kappa shape index (κ2) is 4.11. The predicted molar refractivity (Wildman–Crippen MR) is 59.9 cm³/mol. The summed E-state index contributed by atoms with van der Waals surface area (Å²) in [4.78, 5) is 13.2. The lowest BCUT2D eigenvalue weighted by Gasteiger charge is -2.19. The van der Waals surface area contributed by atoms with Gasteiger partial charge in [-0.1, -0.05) is 6.08 Å². The van der Waals surface area contributed by atoms with Crippen molar-refractivity contribution in [3.63, 3.8) is 0 Å². The Morgan fingerprint density at radius 3 is 2.92 bits per heavy atom. The van der Waals surface area contributed by atoms with Gasteiger partial charge in [0, 0.05) is 5.75 Å². The van der Waals surface area contributed by atoms with Crippen LogP contribution in [0.3, 0.4) is 0 Å². The second-order valence-corrected chi connectivity index (χ2v) is 3.62. The maximum absolute atomic E-state index is 11.6. The number of thiol groups is 1. The number of carbonyl (C=O) groups excluding carboxylic acids is 1. The molecule has 72 valence electrons. The second-order valence-electron chi connectivity index (χ2n) is 2.87. The molecule has 0 aromatic heterocycles. The number of hydrogen-bond acceptors (Lipinski definition) is 3. The summed E-state index contributed by atoms with van der Waals surface area (Å²) >= 11 is 9.07. The first-order chi connectivity index (χ1) is 6.11. The van der Waals surface area contributed by atoms with Gasteiger partial charge in [0.1, 0.15) is 6.04 Å². The number of thiocarbonyl (C=S) groups is 1. The van der Waals surface area contributed by atoms with Crippen molar-refractivity contribution in [2.24, 2.45) is 0 Å². The summed E-state index contributed by atoms with van der Waals surface area (Å²) < 4.78 is 0. The van der Waals surface area contributed by atoms with Crippen molar-refractivity contribution >= 4 is 35.9 Å². The molecule has 13 heavy (non-hydrogen) atoms. The SMILES string of the molecule is C=CC(C)N1C(=O)C(CS)NC1=S. The van der Waals surface area contributed by atoms with E-state index in [0.717, 1.165) is 0 Å². The molecular weight excluding hydrogens is 204 g/mol. The molecule has 2 atom stereocenters. The van der Waals surface area contributed by atoms with E-state index in [-0.39, 0.29) is 18.0 Å². The zero-order valence-corrected chi connectivity index (χ0v) is 9.07. The Morgan fingerprint density at radius 1 is 1.92 bits per heavy atom. The molecule has 0 aliphatic carbocycles. The Bertz CT molecular complexity index is 255. The van der Waals surface area contributed by atoms with E-state index in [4.69, 9.17) is 12.2 Å². The molecule has 1 amide bonds. The Kier molecular flexibility index (Phi) is 3.33. The Balaban J connectivity index is 2.81. The summed E-state index contributed by atoms with van der Waals surface area (Å²) in [5.74, 6) is 0.437. The molecule has 1 aliphatic rings. The largest absolute Gasteiger partial charge is 0.350 e. The number of nitrogens with zero attached hydrogens (tertiary/aromatic N) is 1. The third-order valence-corrected chi connectivity index (χ3v) is 2.66. The number of nitrogens with one attached hydrogen (secondary N) is 1. The first kappa shape index (κ1) is 10.5. The topological polar surface area (TPSA) is 32.3 Å². The number of rotatable bonds is 3. The summed E-state index contributed by atoms with van der Waals surface area (Å²) in [6.07, 6.45) is 1.69. The molecule has 1 aliphatic heterocycles. The van der Waals surface area contributed by atoms with E-state index < -0.39 is 0 Å². The summed E-state index contributed by atoms with van der Waals surface area (Å²) in [6, 6.07) is -0.337. The van der Waals surface area contributed by atoms with Crippen LogP contribution in [0.1, 0.15) is 6.92 Å². The quantitative estimate of drug-likeness (QED) is 0.411. The van der Waals surface area contributed by atoms with Gasteiger partial charge in [-0.3, -0.25) is 9.69 Å². The van der Waals surface area contributed by atoms with Crippen LogP contribution < -0.4 is 5.32 Å². The van der Waals surface area contributed by atoms with Crippen molar-refractivity contribution in [2.45, 2.75) is 19.0 Å². The van der Waals surface area contributed by atoms with Gasteiger partial charge in [-0.25, -0.2) is 0 Å². The van der Waals surface area contributed by atoms with Crippen molar-refractivity contribution in [3.05, 3.63) is 12.7 Å². The molecule has 3 nitrogen and oxygen atoms in total. The van der Waals surface area contributed by atoms with E-state index in [2.05, 4.69) is 24.5 Å². The summed E-state index contributed by atoms with van der Waals surface area (Å²) in [6.45, 7) is 5.50. The summed E-state index contributed by atoms with van der Waals surface area (Å²) in [5, 5.41) is 3.37. The van der Waals surface area contributed by atoms with E-state index >= 15 is 0 Å². The van der Waals surface area contributed by atoms with Crippen LogP contribution in [0.2, 0.25) is 0 Å². The average Bonchev–Trinajstić information content (AvgIpc) is 2.40. The molecule has 5 heteroatoms. The lowest BCUT2D eigenvalue weighted by Crippen LogP contribution is -2.38. The zero-order valence-electron chi connectivity index (χ0n) is 7.36. The predicted octanol–water partition coefficient (Wildman–Crippen LogP) is 0.576. The summed E-state index contributed by atoms with van der Waals surface area (Å²) in [5.41, 5.74) is 0. The zero-order chi connectivity index (χ0) is 10.0. The molecule has 0 aromatic rings. The molecule has 2 unspecified atom stereocenters. The van der Waals surface area contributed by atoms with Gasteiger partial charge in [0.05, 0.1) is 6.04 Å². The number of hydrogen-bond donors (Lipinski definition) is 2. The van der Waals surface area contributed by atoms with Crippen LogP contribution in [-0.4, -0.2) is 33.8 Å². The van der Waals surface area contributed by atoms with Crippen LogP contribution >= 0.6 is 24.8 Å². The molecule has 1 rings (SSSR count). The Hall–Kier alpha value is -0.550. The Morgan fingerprint density at radius 2 is 2.54 bits per heavy atom. The highest BCUT2D eigenvalue weighted by atomic mass is 32.1. The van der Waals surface area contributed by atoms with Crippen LogP contribution in [0.5, 0.6) is 0 Å². The molecule has 1 fully saturated rings. The fraction of sp³-hybridized carbons (Fsp3) is 0.500. The van der Waals surface area contributed by atoms with Gasteiger partial charge < -0.3 is 5.32 Å². The molecule has 1 saturated heterocycles. The van der Waals surface area contributed by atoms with E-state index in [1.54, 1.807) is 6.08 Å². The minimum Gasteiger partial charge on any atom is -0.350 e. The van der Waals surface area contributed by atoms with Crippen molar-refractivity contribution in [2.75, 3.05) is 5.75 Å². The minimum atomic E-state index is -0.279. The van der Waals surface area contributed by atoms with Gasteiger partial charge in [-0.05, 0) is 19.1 Å². The van der Waals surface area contributed by atoms with Gasteiger partial charge >= 0.3 is 0 Å². The first-order valence-electron chi connectivity index (χ1n) is 3.98. The monoisotopic (exact) mass is 216 g/mol. The highest BCUT2D eigenvalue weighted by Crippen LogP contribution is 2.12. The fourth-order valence-corrected chi connectivity index (χ4v) is 1.81. The van der Waals surface area contributed by atoms with E-state index in [1.807, 2.05) is 6.92 Å². The van der Waals surface area contributed by atoms with Gasteiger partial charge in [0.2, 0.25) is 0 Å². The first-order valence-corrected chi connectivity index (χ1v) is 5.03. The third-order valence-electron chi connectivity index (χ3n) is 1.98. The lowest BCUT2D eigenvalue weighted by atomic mass is 10.2. The molecule has 1 N–H and O–H groups in total. The third kappa shape index (κ3) is 1.86. The smallest absolute Gasteiger partial charge is 0.252 e. The highest BCUT2D eigenvalue weighted by Gasteiger charge is 2.36. The van der Waals surface area contributed by atoms with Crippen molar-refractivity contribution < 1.29 is 4.79 Å². The van der Waals surface area contributed by atoms with Crippen molar-refractivity contribution in [1.82, 2.24) is 10.2 Å². The van der Waals surface area contributed by atoms with E-state index in [0.29, 0.717) is 10.9 Å². The minimum absolute atomic E-state index is 0.0209. The summed E-state index contributed by atoms with van der Waals surface area (Å²) in [7, 11) is 0. The van der Waals surface area contributed by atoms with Gasteiger partial charge in [-0.15, -0.1) is 6.58 Å².